The van der Waals surface area contributed by atoms with Gasteiger partial charge in [-0.3, -0.25) is 4.79 Å². The second kappa shape index (κ2) is 5.06. The molecule has 0 spiro atoms. The van der Waals surface area contributed by atoms with Gasteiger partial charge < -0.3 is 15.4 Å². The van der Waals surface area contributed by atoms with Gasteiger partial charge in [0.15, 0.2) is 0 Å². The lowest BCUT2D eigenvalue weighted by atomic mass is 10.1. The number of nitrogen functional groups attached to an aromatic ring is 1. The summed E-state index contributed by atoms with van der Waals surface area (Å²) >= 11 is 3.32. The predicted molar refractivity (Wildman–Crippen MR) is 69.9 cm³/mol. The topological polar surface area (TPSA) is 55.6 Å². The lowest BCUT2D eigenvalue weighted by molar-refractivity contribution is 0.0712. The van der Waals surface area contributed by atoms with Gasteiger partial charge in [-0.25, -0.2) is 0 Å². The third-order valence-electron chi connectivity index (χ3n) is 3.02. The Balaban J connectivity index is 2.18. The Hall–Kier alpha value is -1.07. The summed E-state index contributed by atoms with van der Waals surface area (Å²) in [4.78, 5) is 14.0. The van der Waals surface area contributed by atoms with Gasteiger partial charge in [0.2, 0.25) is 0 Å². The molecule has 1 unspecified atom stereocenters. The summed E-state index contributed by atoms with van der Waals surface area (Å²) in [7, 11) is 1.79. The fourth-order valence-corrected chi connectivity index (χ4v) is 2.29. The summed E-state index contributed by atoms with van der Waals surface area (Å²) in [6.07, 6.45) is 0.888. The normalized spacial score (nSPS) is 19.3. The van der Waals surface area contributed by atoms with Crippen LogP contribution in [0.3, 0.4) is 0 Å². The Morgan fingerprint density at radius 2 is 2.35 bits per heavy atom. The molecule has 5 heteroatoms. The van der Waals surface area contributed by atoms with Gasteiger partial charge in [-0.2, -0.15) is 0 Å². The zero-order valence-electron chi connectivity index (χ0n) is 9.65. The SMILES string of the molecule is CN(C(=O)c1ccc(Br)cc1N)C1CCOC1. The highest BCUT2D eigenvalue weighted by Gasteiger charge is 2.25. The van der Waals surface area contributed by atoms with Crippen LogP contribution in [0.1, 0.15) is 16.8 Å². The monoisotopic (exact) mass is 298 g/mol. The number of hydrogen-bond donors (Lipinski definition) is 1. The van der Waals surface area contributed by atoms with Gasteiger partial charge in [0, 0.05) is 23.8 Å². The maximum absolute atomic E-state index is 12.2. The predicted octanol–water partition coefficient (Wildman–Crippen LogP) is 1.89. The minimum Gasteiger partial charge on any atom is -0.398 e. The van der Waals surface area contributed by atoms with E-state index in [-0.39, 0.29) is 11.9 Å². The van der Waals surface area contributed by atoms with E-state index in [0.717, 1.165) is 17.5 Å². The Labute approximate surface area is 109 Å². The van der Waals surface area contributed by atoms with Crippen molar-refractivity contribution in [3.8, 4) is 0 Å². The number of rotatable bonds is 2. The van der Waals surface area contributed by atoms with Crippen molar-refractivity contribution < 1.29 is 9.53 Å². The van der Waals surface area contributed by atoms with Crippen LogP contribution in [0.2, 0.25) is 0 Å². The molecule has 1 fully saturated rings. The van der Waals surface area contributed by atoms with Gasteiger partial charge >= 0.3 is 0 Å². The summed E-state index contributed by atoms with van der Waals surface area (Å²) in [5.41, 5.74) is 6.89. The minimum absolute atomic E-state index is 0.0505. The number of likely N-dealkylation sites (N-methyl/N-ethyl adjacent to an activating group) is 1. The minimum atomic E-state index is -0.0505. The number of carbonyl (C=O) groups is 1. The summed E-state index contributed by atoms with van der Waals surface area (Å²) in [5, 5.41) is 0. The lowest BCUT2D eigenvalue weighted by Gasteiger charge is -2.23. The van der Waals surface area contributed by atoms with Gasteiger partial charge in [0.05, 0.1) is 18.2 Å². The molecule has 2 N–H and O–H groups in total. The van der Waals surface area contributed by atoms with Gasteiger partial charge in [-0.05, 0) is 24.6 Å². The van der Waals surface area contributed by atoms with Crippen LogP contribution in [-0.4, -0.2) is 37.1 Å². The second-order valence-corrected chi connectivity index (χ2v) is 5.08. The molecule has 0 aliphatic carbocycles. The third-order valence-corrected chi connectivity index (χ3v) is 3.51. The number of amides is 1. The van der Waals surface area contributed by atoms with Crippen LogP contribution in [0.15, 0.2) is 22.7 Å². The van der Waals surface area contributed by atoms with Crippen molar-refractivity contribution in [1.82, 2.24) is 4.90 Å². The van der Waals surface area contributed by atoms with Crippen LogP contribution in [0, 0.1) is 0 Å². The molecule has 2 rings (SSSR count). The molecule has 0 radical (unpaired) electrons. The van der Waals surface area contributed by atoms with Crippen LogP contribution in [0.25, 0.3) is 0 Å². The van der Waals surface area contributed by atoms with Crippen LogP contribution in [0.4, 0.5) is 5.69 Å². The molecule has 1 aliphatic rings. The fourth-order valence-electron chi connectivity index (χ4n) is 1.91. The molecule has 4 nitrogen and oxygen atoms in total. The summed E-state index contributed by atoms with van der Waals surface area (Å²) in [6.45, 7) is 1.33. The zero-order valence-corrected chi connectivity index (χ0v) is 11.2. The van der Waals surface area contributed by atoms with E-state index in [9.17, 15) is 4.79 Å². The molecule has 1 aromatic carbocycles. The van der Waals surface area contributed by atoms with Gasteiger partial charge in [-0.1, -0.05) is 15.9 Å². The van der Waals surface area contributed by atoms with Crippen LogP contribution >= 0.6 is 15.9 Å². The molecule has 0 saturated carbocycles. The molecule has 0 aromatic heterocycles. The van der Waals surface area contributed by atoms with E-state index in [0.29, 0.717) is 17.9 Å². The first-order valence-corrected chi connectivity index (χ1v) is 6.29. The first kappa shape index (κ1) is 12.4. The number of nitrogens with two attached hydrogens (primary N) is 1. The highest BCUT2D eigenvalue weighted by Crippen LogP contribution is 2.21. The second-order valence-electron chi connectivity index (χ2n) is 4.17. The molecule has 1 aromatic rings. The molecule has 0 bridgehead atoms. The van der Waals surface area contributed by atoms with Crippen LogP contribution < -0.4 is 5.73 Å². The number of anilines is 1. The average molecular weight is 299 g/mol. The number of hydrogen-bond acceptors (Lipinski definition) is 3. The number of carbonyl (C=O) groups excluding carboxylic acids is 1. The molecule has 1 atom stereocenters. The molecule has 17 heavy (non-hydrogen) atoms. The highest BCUT2D eigenvalue weighted by molar-refractivity contribution is 9.10. The largest absolute Gasteiger partial charge is 0.398 e. The molecular weight excluding hydrogens is 284 g/mol. The number of halogens is 1. The zero-order chi connectivity index (χ0) is 12.4. The lowest BCUT2D eigenvalue weighted by Crippen LogP contribution is -2.37. The third kappa shape index (κ3) is 2.61. The van der Waals surface area contributed by atoms with E-state index in [1.54, 1.807) is 24.1 Å². The van der Waals surface area contributed by atoms with Gasteiger partial charge in [0.25, 0.3) is 5.91 Å². The summed E-state index contributed by atoms with van der Waals surface area (Å²) < 4.78 is 6.15. The highest BCUT2D eigenvalue weighted by atomic mass is 79.9. The molecule has 1 heterocycles. The Morgan fingerprint density at radius 3 is 2.94 bits per heavy atom. The smallest absolute Gasteiger partial charge is 0.256 e. The quantitative estimate of drug-likeness (QED) is 0.849. The van der Waals surface area contributed by atoms with E-state index < -0.39 is 0 Å². The first-order valence-electron chi connectivity index (χ1n) is 5.49. The van der Waals surface area contributed by atoms with E-state index in [1.807, 2.05) is 6.07 Å². The average Bonchev–Trinajstić information content (AvgIpc) is 2.80. The van der Waals surface area contributed by atoms with Gasteiger partial charge in [0.1, 0.15) is 0 Å². The van der Waals surface area contributed by atoms with Crippen molar-refractivity contribution in [3.63, 3.8) is 0 Å². The van der Waals surface area contributed by atoms with E-state index in [2.05, 4.69) is 15.9 Å². The molecule has 1 aliphatic heterocycles. The number of benzene rings is 1. The standard InChI is InChI=1S/C12H15BrN2O2/c1-15(9-4-5-17-7-9)12(16)10-3-2-8(13)6-11(10)14/h2-3,6,9H,4-5,7,14H2,1H3. The van der Waals surface area contributed by atoms with Crippen LogP contribution in [0.5, 0.6) is 0 Å². The number of nitrogens with zero attached hydrogens (tertiary/aromatic N) is 1. The summed E-state index contributed by atoms with van der Waals surface area (Å²) in [5.74, 6) is -0.0505. The fraction of sp³-hybridized carbons (Fsp3) is 0.417. The maximum Gasteiger partial charge on any atom is 0.256 e. The van der Waals surface area contributed by atoms with Crippen molar-refractivity contribution in [2.24, 2.45) is 0 Å². The maximum atomic E-state index is 12.2. The van der Waals surface area contributed by atoms with E-state index in [1.165, 1.54) is 0 Å². The van der Waals surface area contributed by atoms with Crippen molar-refractivity contribution in [2.45, 2.75) is 12.5 Å². The molecule has 92 valence electrons. The first-order chi connectivity index (χ1) is 8.09. The van der Waals surface area contributed by atoms with E-state index >= 15 is 0 Å². The Bertz CT molecular complexity index is 431. The van der Waals surface area contributed by atoms with E-state index in [4.69, 9.17) is 10.5 Å². The Morgan fingerprint density at radius 1 is 1.59 bits per heavy atom. The van der Waals surface area contributed by atoms with Crippen LogP contribution in [-0.2, 0) is 4.74 Å². The Kier molecular flexibility index (Phi) is 3.69. The molecular formula is C12H15BrN2O2. The van der Waals surface area contributed by atoms with Crippen molar-refractivity contribution >= 4 is 27.5 Å². The van der Waals surface area contributed by atoms with Crippen molar-refractivity contribution in [2.75, 3.05) is 26.0 Å². The summed E-state index contributed by atoms with van der Waals surface area (Å²) in [6, 6.07) is 5.47. The van der Waals surface area contributed by atoms with Crippen molar-refractivity contribution in [3.05, 3.63) is 28.2 Å². The molecule has 1 amide bonds. The van der Waals surface area contributed by atoms with Crippen molar-refractivity contribution in [1.29, 1.82) is 0 Å². The molecule has 1 saturated heterocycles. The van der Waals surface area contributed by atoms with Gasteiger partial charge in [-0.15, -0.1) is 0 Å². The number of ether oxygens (including phenoxy) is 1.